The van der Waals surface area contributed by atoms with Gasteiger partial charge in [-0.25, -0.2) is 0 Å². The molecule has 0 amide bonds. The Labute approximate surface area is 65.5 Å². The quantitative estimate of drug-likeness (QED) is 0.509. The SMILES string of the molecule is CCC(O)(O)CCCC(=O)O. The van der Waals surface area contributed by atoms with Crippen molar-refractivity contribution < 1.29 is 20.1 Å². The summed E-state index contributed by atoms with van der Waals surface area (Å²) in [5.41, 5.74) is 0. The highest BCUT2D eigenvalue weighted by atomic mass is 16.5. The monoisotopic (exact) mass is 162 g/mol. The molecule has 0 unspecified atom stereocenters. The first-order valence-corrected chi connectivity index (χ1v) is 3.64. The lowest BCUT2D eigenvalue weighted by Crippen LogP contribution is -2.26. The molecule has 0 bridgehead atoms. The summed E-state index contributed by atoms with van der Waals surface area (Å²) in [6, 6.07) is 0. The van der Waals surface area contributed by atoms with Crippen molar-refractivity contribution in [3.05, 3.63) is 0 Å². The van der Waals surface area contributed by atoms with E-state index in [2.05, 4.69) is 0 Å². The van der Waals surface area contributed by atoms with Crippen LogP contribution in [0.3, 0.4) is 0 Å². The molecule has 0 aromatic rings. The van der Waals surface area contributed by atoms with Crippen molar-refractivity contribution in [3.63, 3.8) is 0 Å². The zero-order valence-corrected chi connectivity index (χ0v) is 6.58. The highest BCUT2D eigenvalue weighted by Crippen LogP contribution is 2.13. The largest absolute Gasteiger partial charge is 0.481 e. The van der Waals surface area contributed by atoms with E-state index in [-0.39, 0.29) is 19.3 Å². The Bertz CT molecular complexity index is 130. The van der Waals surface area contributed by atoms with E-state index >= 15 is 0 Å². The van der Waals surface area contributed by atoms with Gasteiger partial charge in [0.1, 0.15) is 0 Å². The number of aliphatic carboxylic acids is 1. The van der Waals surface area contributed by atoms with E-state index in [1.165, 1.54) is 0 Å². The molecule has 66 valence electrons. The van der Waals surface area contributed by atoms with Crippen molar-refractivity contribution in [2.24, 2.45) is 0 Å². The summed E-state index contributed by atoms with van der Waals surface area (Å²) in [4.78, 5) is 10.0. The molecule has 0 aliphatic carbocycles. The van der Waals surface area contributed by atoms with Gasteiger partial charge in [-0.2, -0.15) is 0 Å². The van der Waals surface area contributed by atoms with E-state index in [1.54, 1.807) is 6.92 Å². The number of rotatable bonds is 5. The summed E-state index contributed by atoms with van der Waals surface area (Å²) in [5, 5.41) is 26.2. The minimum atomic E-state index is -1.69. The average Bonchev–Trinajstić information content (AvgIpc) is 1.87. The molecule has 0 aromatic heterocycles. The maximum Gasteiger partial charge on any atom is 0.303 e. The number of carboxylic acid groups (broad SMARTS) is 1. The van der Waals surface area contributed by atoms with Gasteiger partial charge < -0.3 is 15.3 Å². The van der Waals surface area contributed by atoms with Crippen molar-refractivity contribution in [2.75, 3.05) is 0 Å². The molecular formula is C7H14O4. The van der Waals surface area contributed by atoms with Gasteiger partial charge in [0, 0.05) is 12.8 Å². The zero-order valence-electron chi connectivity index (χ0n) is 6.58. The first kappa shape index (κ1) is 10.4. The third kappa shape index (κ3) is 5.82. The predicted molar refractivity (Wildman–Crippen MR) is 38.9 cm³/mol. The van der Waals surface area contributed by atoms with Gasteiger partial charge in [-0.05, 0) is 12.8 Å². The Balaban J connectivity index is 3.45. The summed E-state index contributed by atoms with van der Waals surface area (Å²) in [6.07, 6.45) is 0.640. The Hall–Kier alpha value is -0.610. The highest BCUT2D eigenvalue weighted by molar-refractivity contribution is 5.66. The summed E-state index contributed by atoms with van der Waals surface area (Å²) in [6.45, 7) is 1.64. The van der Waals surface area contributed by atoms with E-state index in [1.807, 2.05) is 0 Å². The van der Waals surface area contributed by atoms with Crippen LogP contribution in [0.4, 0.5) is 0 Å². The van der Waals surface area contributed by atoms with E-state index in [4.69, 9.17) is 15.3 Å². The molecule has 11 heavy (non-hydrogen) atoms. The summed E-state index contributed by atoms with van der Waals surface area (Å²) < 4.78 is 0. The molecule has 0 rings (SSSR count). The van der Waals surface area contributed by atoms with Gasteiger partial charge in [0.25, 0.3) is 0 Å². The van der Waals surface area contributed by atoms with E-state index in [0.717, 1.165) is 0 Å². The Morgan fingerprint density at radius 3 is 2.36 bits per heavy atom. The van der Waals surface area contributed by atoms with Crippen LogP contribution in [0, 0.1) is 0 Å². The zero-order chi connectivity index (χ0) is 8.91. The van der Waals surface area contributed by atoms with Crippen LogP contribution in [-0.4, -0.2) is 27.1 Å². The molecular weight excluding hydrogens is 148 g/mol. The van der Waals surface area contributed by atoms with Gasteiger partial charge in [-0.3, -0.25) is 4.79 Å². The van der Waals surface area contributed by atoms with Crippen LogP contribution in [0.2, 0.25) is 0 Å². The highest BCUT2D eigenvalue weighted by Gasteiger charge is 2.19. The van der Waals surface area contributed by atoms with Crippen LogP contribution in [0.25, 0.3) is 0 Å². The third-order valence-corrected chi connectivity index (χ3v) is 1.53. The van der Waals surface area contributed by atoms with Crippen molar-refractivity contribution in [2.45, 2.75) is 38.4 Å². The number of carboxylic acids is 1. The molecule has 3 N–H and O–H groups in total. The molecule has 4 heteroatoms. The molecule has 0 heterocycles. The molecule has 0 aliphatic heterocycles. The number of hydrogen-bond acceptors (Lipinski definition) is 3. The maximum absolute atomic E-state index is 10.0. The third-order valence-electron chi connectivity index (χ3n) is 1.53. The lowest BCUT2D eigenvalue weighted by Gasteiger charge is -2.18. The summed E-state index contributed by atoms with van der Waals surface area (Å²) >= 11 is 0. The van der Waals surface area contributed by atoms with Crippen molar-refractivity contribution in [1.82, 2.24) is 0 Å². The first-order valence-electron chi connectivity index (χ1n) is 3.64. The van der Waals surface area contributed by atoms with E-state index in [9.17, 15) is 4.79 Å². The van der Waals surface area contributed by atoms with Crippen LogP contribution in [0.5, 0.6) is 0 Å². The second-order valence-corrected chi connectivity index (χ2v) is 2.58. The fourth-order valence-electron chi connectivity index (χ4n) is 0.700. The molecule has 0 aliphatic rings. The Morgan fingerprint density at radius 2 is 2.00 bits per heavy atom. The normalized spacial score (nSPS) is 11.5. The lowest BCUT2D eigenvalue weighted by atomic mass is 10.1. The fourth-order valence-corrected chi connectivity index (χ4v) is 0.700. The van der Waals surface area contributed by atoms with Crippen molar-refractivity contribution in [1.29, 1.82) is 0 Å². The van der Waals surface area contributed by atoms with Crippen molar-refractivity contribution in [3.8, 4) is 0 Å². The molecule has 0 atom stereocenters. The van der Waals surface area contributed by atoms with Crippen LogP contribution in [-0.2, 0) is 4.79 Å². The predicted octanol–water partition coefficient (Wildman–Crippen LogP) is 0.332. The number of carbonyl (C=O) groups is 1. The Kier molecular flexibility index (Phi) is 4.07. The average molecular weight is 162 g/mol. The van der Waals surface area contributed by atoms with Gasteiger partial charge in [0.15, 0.2) is 5.79 Å². The summed E-state index contributed by atoms with van der Waals surface area (Å²) in [5.74, 6) is -2.59. The number of hydrogen-bond donors (Lipinski definition) is 3. The van der Waals surface area contributed by atoms with E-state index < -0.39 is 11.8 Å². The number of aliphatic hydroxyl groups is 2. The minimum Gasteiger partial charge on any atom is -0.481 e. The molecule has 0 spiro atoms. The van der Waals surface area contributed by atoms with Crippen LogP contribution >= 0.6 is 0 Å². The first-order chi connectivity index (χ1) is 4.98. The topological polar surface area (TPSA) is 77.8 Å². The second kappa shape index (κ2) is 4.31. The van der Waals surface area contributed by atoms with Gasteiger partial charge >= 0.3 is 5.97 Å². The molecule has 0 fully saturated rings. The van der Waals surface area contributed by atoms with Gasteiger partial charge in [0.05, 0.1) is 0 Å². The van der Waals surface area contributed by atoms with E-state index in [0.29, 0.717) is 6.42 Å². The van der Waals surface area contributed by atoms with Gasteiger partial charge in [-0.15, -0.1) is 0 Å². The smallest absolute Gasteiger partial charge is 0.303 e. The molecule has 0 saturated heterocycles. The van der Waals surface area contributed by atoms with Gasteiger partial charge in [-0.1, -0.05) is 6.92 Å². The van der Waals surface area contributed by atoms with Crippen LogP contribution in [0.1, 0.15) is 32.6 Å². The van der Waals surface area contributed by atoms with Crippen LogP contribution in [0.15, 0.2) is 0 Å². The van der Waals surface area contributed by atoms with Crippen molar-refractivity contribution >= 4 is 5.97 Å². The standard InChI is InChI=1S/C7H14O4/c1-2-7(10,11)5-3-4-6(8)9/h10-11H,2-5H2,1H3,(H,8,9). The fraction of sp³-hybridized carbons (Fsp3) is 0.857. The summed E-state index contributed by atoms with van der Waals surface area (Å²) in [7, 11) is 0. The molecule has 0 radical (unpaired) electrons. The molecule has 4 nitrogen and oxygen atoms in total. The molecule has 0 saturated carbocycles. The lowest BCUT2D eigenvalue weighted by molar-refractivity contribution is -0.168. The minimum absolute atomic E-state index is 0.0110. The van der Waals surface area contributed by atoms with Crippen LogP contribution < -0.4 is 0 Å². The van der Waals surface area contributed by atoms with Gasteiger partial charge in [0.2, 0.25) is 0 Å². The Morgan fingerprint density at radius 1 is 1.45 bits per heavy atom. The maximum atomic E-state index is 10.0. The second-order valence-electron chi connectivity index (χ2n) is 2.58. The molecule has 0 aromatic carbocycles.